The minimum absolute atomic E-state index is 0.0857. The highest BCUT2D eigenvalue weighted by atomic mass is 35.5. The van der Waals surface area contributed by atoms with Crippen LogP contribution in [0.25, 0.3) is 0 Å². The van der Waals surface area contributed by atoms with E-state index < -0.39 is 0 Å². The summed E-state index contributed by atoms with van der Waals surface area (Å²) in [5.41, 5.74) is 7.52. The van der Waals surface area contributed by atoms with Crippen molar-refractivity contribution in [1.82, 2.24) is 15.0 Å². The highest BCUT2D eigenvalue weighted by molar-refractivity contribution is 7.99. The van der Waals surface area contributed by atoms with Crippen molar-refractivity contribution in [2.45, 2.75) is 48.4 Å². The summed E-state index contributed by atoms with van der Waals surface area (Å²) in [5, 5.41) is 20.1. The number of hydrogen-bond acceptors (Lipinski definition) is 9. The first-order valence-electron chi connectivity index (χ1n) is 10.8. The van der Waals surface area contributed by atoms with Crippen molar-refractivity contribution in [3.8, 4) is 6.07 Å². The molecule has 2 saturated heterocycles. The second kappa shape index (κ2) is 8.43. The third kappa shape index (κ3) is 3.55. The van der Waals surface area contributed by atoms with E-state index in [1.54, 1.807) is 12.3 Å². The minimum atomic E-state index is -0.218. The van der Waals surface area contributed by atoms with Gasteiger partial charge < -0.3 is 20.5 Å². The predicted molar refractivity (Wildman–Crippen MR) is 120 cm³/mol. The maximum absolute atomic E-state index is 10.0. The maximum Gasteiger partial charge on any atom is 0.160 e. The number of rotatable bonds is 4. The number of aliphatic hydroxyl groups excluding tert-OH is 1. The van der Waals surface area contributed by atoms with Crippen molar-refractivity contribution in [2.75, 3.05) is 24.6 Å². The Bertz CT molecular complexity index is 1080. The molecule has 2 unspecified atom stereocenters. The van der Waals surface area contributed by atoms with E-state index in [0.717, 1.165) is 32.5 Å². The van der Waals surface area contributed by atoms with E-state index in [9.17, 15) is 5.11 Å². The van der Waals surface area contributed by atoms with Crippen LogP contribution < -0.4 is 10.6 Å². The van der Waals surface area contributed by atoms with Gasteiger partial charge in [0.15, 0.2) is 11.5 Å². The van der Waals surface area contributed by atoms with Crippen LogP contribution in [0.15, 0.2) is 28.4 Å². The van der Waals surface area contributed by atoms with Gasteiger partial charge in [-0.2, -0.15) is 5.26 Å². The quantitative estimate of drug-likeness (QED) is 0.691. The van der Waals surface area contributed by atoms with Gasteiger partial charge in [0.05, 0.1) is 30.5 Å². The van der Waals surface area contributed by atoms with E-state index in [-0.39, 0.29) is 34.9 Å². The molecule has 10 heteroatoms. The Morgan fingerprint density at radius 3 is 3.09 bits per heavy atom. The van der Waals surface area contributed by atoms with E-state index in [4.69, 9.17) is 27.3 Å². The van der Waals surface area contributed by atoms with Gasteiger partial charge in [0.2, 0.25) is 0 Å². The molecule has 168 valence electrons. The van der Waals surface area contributed by atoms with Crippen LogP contribution in [0.5, 0.6) is 0 Å². The van der Waals surface area contributed by atoms with Gasteiger partial charge in [-0.05, 0) is 30.7 Å². The smallest absolute Gasteiger partial charge is 0.160 e. The molecule has 1 aliphatic carbocycles. The zero-order valence-electron chi connectivity index (χ0n) is 17.7. The first kappa shape index (κ1) is 21.9. The topological polar surface area (TPSA) is 121 Å². The van der Waals surface area contributed by atoms with Crippen LogP contribution >= 0.6 is 23.4 Å². The normalized spacial score (nSPS) is 31.3. The summed E-state index contributed by atoms with van der Waals surface area (Å²) in [6.45, 7) is 4.39. The molecule has 32 heavy (non-hydrogen) atoms. The molecule has 2 aromatic rings. The van der Waals surface area contributed by atoms with Crippen LogP contribution in [0, 0.1) is 28.6 Å². The number of nitriles is 1. The first-order chi connectivity index (χ1) is 15.5. The van der Waals surface area contributed by atoms with Crippen LogP contribution in [0.2, 0.25) is 5.02 Å². The molecule has 0 amide bonds. The lowest BCUT2D eigenvalue weighted by Gasteiger charge is -2.51. The monoisotopic (exact) mass is 472 g/mol. The molecule has 3 N–H and O–H groups in total. The zero-order chi connectivity index (χ0) is 22.5. The molecule has 1 spiro atoms. The molecule has 3 fully saturated rings. The molecule has 1 saturated carbocycles. The van der Waals surface area contributed by atoms with Crippen molar-refractivity contribution in [1.29, 1.82) is 5.26 Å². The molecule has 2 aliphatic heterocycles. The fourth-order valence-electron chi connectivity index (χ4n) is 5.48. The van der Waals surface area contributed by atoms with Crippen LogP contribution in [0.1, 0.15) is 31.2 Å². The van der Waals surface area contributed by atoms with E-state index in [1.165, 1.54) is 18.0 Å². The van der Waals surface area contributed by atoms with E-state index in [1.807, 2.05) is 6.07 Å². The number of aromatic nitrogens is 3. The Hall–Kier alpha value is -1.96. The fraction of sp³-hybridized carbons (Fsp3) is 0.545. The number of anilines is 1. The molecular weight excluding hydrogens is 448 g/mol. The number of pyridine rings is 1. The number of ether oxygens (including phenoxy) is 1. The van der Waals surface area contributed by atoms with E-state index >= 15 is 0 Å². The second-order valence-electron chi connectivity index (χ2n) is 8.98. The molecule has 2 aromatic heterocycles. The van der Waals surface area contributed by atoms with Crippen LogP contribution in [0.4, 0.5) is 5.82 Å². The Kier molecular flexibility index (Phi) is 5.76. The van der Waals surface area contributed by atoms with E-state index in [2.05, 4.69) is 26.8 Å². The third-order valence-corrected chi connectivity index (χ3v) is 8.82. The van der Waals surface area contributed by atoms with Gasteiger partial charge in [-0.25, -0.2) is 15.0 Å². The SMILES string of the molecule is C[C@H]1[C@H](N)C2CN(c3ncc(Sc4ccnc(C#N)c4Cl)nc3CO)CCC23CO[C@@H]1C3. The molecule has 8 nitrogen and oxygen atoms in total. The van der Waals surface area contributed by atoms with Crippen molar-refractivity contribution >= 4 is 29.2 Å². The first-order valence-corrected chi connectivity index (χ1v) is 12.0. The van der Waals surface area contributed by atoms with Gasteiger partial charge in [0.25, 0.3) is 0 Å². The molecule has 4 heterocycles. The number of hydrogen-bond donors (Lipinski definition) is 2. The van der Waals surface area contributed by atoms with Gasteiger partial charge in [0.1, 0.15) is 16.8 Å². The van der Waals surface area contributed by atoms with Crippen LogP contribution in [-0.4, -0.2) is 51.9 Å². The zero-order valence-corrected chi connectivity index (χ0v) is 19.3. The summed E-state index contributed by atoms with van der Waals surface area (Å²) in [4.78, 5) is 16.1. The molecular formula is C22H25ClN6O2S. The van der Waals surface area contributed by atoms with Crippen molar-refractivity contribution < 1.29 is 9.84 Å². The van der Waals surface area contributed by atoms with Crippen LogP contribution in [0.3, 0.4) is 0 Å². The van der Waals surface area contributed by atoms with Gasteiger partial charge in [-0.15, -0.1) is 0 Å². The predicted octanol–water partition coefficient (Wildman–Crippen LogP) is 2.62. The van der Waals surface area contributed by atoms with Crippen molar-refractivity contribution in [2.24, 2.45) is 23.0 Å². The molecule has 5 atom stereocenters. The van der Waals surface area contributed by atoms with Crippen molar-refractivity contribution in [3.05, 3.63) is 34.9 Å². The maximum atomic E-state index is 10.0. The van der Waals surface area contributed by atoms with Crippen LogP contribution in [-0.2, 0) is 11.3 Å². The third-order valence-electron chi connectivity index (χ3n) is 7.36. The fourth-order valence-corrected chi connectivity index (χ4v) is 6.55. The lowest BCUT2D eigenvalue weighted by Crippen LogP contribution is -2.59. The lowest BCUT2D eigenvalue weighted by molar-refractivity contribution is 0.0498. The number of nitrogens with two attached hydrogens (primary N) is 1. The number of fused-ring (bicyclic) bond motifs is 1. The summed E-state index contributed by atoms with van der Waals surface area (Å²) >= 11 is 7.57. The second-order valence-corrected chi connectivity index (χ2v) is 10.4. The van der Waals surface area contributed by atoms with Crippen molar-refractivity contribution in [3.63, 3.8) is 0 Å². The summed E-state index contributed by atoms with van der Waals surface area (Å²) in [7, 11) is 0. The Balaban J connectivity index is 1.39. The summed E-state index contributed by atoms with van der Waals surface area (Å²) < 4.78 is 6.10. The van der Waals surface area contributed by atoms with Gasteiger partial charge >= 0.3 is 0 Å². The molecule has 2 bridgehead atoms. The Labute approximate surface area is 196 Å². The molecule has 3 aliphatic rings. The summed E-state index contributed by atoms with van der Waals surface area (Å²) in [6, 6.07) is 3.79. The Morgan fingerprint density at radius 1 is 1.47 bits per heavy atom. The summed E-state index contributed by atoms with van der Waals surface area (Å²) in [6.07, 6.45) is 5.59. The highest BCUT2D eigenvalue weighted by Gasteiger charge is 2.57. The van der Waals surface area contributed by atoms with E-state index in [0.29, 0.717) is 33.3 Å². The number of halogens is 1. The number of aliphatic hydroxyl groups is 1. The average Bonchev–Trinajstić information content (AvgIpc) is 3.20. The lowest BCUT2D eigenvalue weighted by atomic mass is 9.59. The van der Waals surface area contributed by atoms with Gasteiger partial charge in [-0.1, -0.05) is 30.3 Å². The number of nitrogens with zero attached hydrogens (tertiary/aromatic N) is 5. The Morgan fingerprint density at radius 2 is 2.31 bits per heavy atom. The standard InChI is InChI=1S/C22H25ClN6O2S/c1-12-16-6-22(11-31-16)3-5-29(9-13(22)20(12)25)21-15(10-30)28-18(8-27-21)32-17-2-4-26-14(7-24)19(17)23/h2,4,8,12-13,16,20,30H,3,5-6,9-11,25H2,1H3/t12-,13?,16-,20+,22?/m1/s1. The number of piperidine rings is 1. The minimum Gasteiger partial charge on any atom is -0.390 e. The molecule has 0 aromatic carbocycles. The molecule has 5 rings (SSSR count). The molecule has 0 radical (unpaired) electrons. The summed E-state index contributed by atoms with van der Waals surface area (Å²) in [5.74, 6) is 1.36. The average molecular weight is 473 g/mol. The highest BCUT2D eigenvalue weighted by Crippen LogP contribution is 2.54. The van der Waals surface area contributed by atoms with Gasteiger partial charge in [0, 0.05) is 35.6 Å². The largest absolute Gasteiger partial charge is 0.390 e. The van der Waals surface area contributed by atoms with Gasteiger partial charge in [-0.3, -0.25) is 0 Å².